The van der Waals surface area contributed by atoms with E-state index < -0.39 is 10.1 Å². The molecular formula is C16H27NaO4S. The first-order chi connectivity index (χ1) is 10.1. The Labute approximate surface area is 157 Å². The Morgan fingerprint density at radius 1 is 0.955 bits per heavy atom. The van der Waals surface area contributed by atoms with Crippen molar-refractivity contribution in [3.8, 4) is 0 Å². The normalized spacial score (nSPS) is 11.4. The summed E-state index contributed by atoms with van der Waals surface area (Å²) < 4.78 is 38.0. The zero-order valence-electron chi connectivity index (χ0n) is 14.0. The van der Waals surface area contributed by atoms with Crippen LogP contribution in [0.25, 0.3) is 0 Å². The average molecular weight is 338 g/mol. The van der Waals surface area contributed by atoms with Gasteiger partial charge in [0.25, 0.3) is 0 Å². The van der Waals surface area contributed by atoms with E-state index in [1.807, 2.05) is 0 Å². The first-order valence-electron chi connectivity index (χ1n) is 8.08. The summed E-state index contributed by atoms with van der Waals surface area (Å²) >= 11 is 0. The first kappa shape index (κ1) is 22.2. The van der Waals surface area contributed by atoms with Gasteiger partial charge in [0.05, 0.1) is 11.2 Å². The molecule has 0 amide bonds. The molecule has 1 heterocycles. The maximum absolute atomic E-state index is 11.0. The molecule has 0 spiro atoms. The molecule has 6 heteroatoms. The zero-order valence-corrected chi connectivity index (χ0v) is 16.8. The van der Waals surface area contributed by atoms with Crippen molar-refractivity contribution in [2.45, 2.75) is 82.4 Å². The molecule has 0 N–H and O–H groups in total. The summed E-state index contributed by atoms with van der Waals surface area (Å²) in [6.45, 7) is 2.22. The summed E-state index contributed by atoms with van der Waals surface area (Å²) in [5.41, 5.74) is 0. The van der Waals surface area contributed by atoms with E-state index in [0.29, 0.717) is 12.2 Å². The Balaban J connectivity index is 0.00000441. The van der Waals surface area contributed by atoms with Crippen molar-refractivity contribution >= 4 is 10.1 Å². The Hall–Kier alpha value is 0.190. The fourth-order valence-corrected chi connectivity index (χ4v) is 3.16. The van der Waals surface area contributed by atoms with Crippen molar-refractivity contribution in [2.75, 3.05) is 0 Å². The second-order valence-corrected chi connectivity index (χ2v) is 6.94. The van der Waals surface area contributed by atoms with E-state index in [0.717, 1.165) is 19.3 Å². The van der Waals surface area contributed by atoms with Crippen LogP contribution in [0.1, 0.15) is 76.9 Å². The van der Waals surface area contributed by atoms with Crippen molar-refractivity contribution in [2.24, 2.45) is 0 Å². The number of hydrogen-bond donors (Lipinski definition) is 0. The molecule has 0 saturated carbocycles. The average Bonchev–Trinajstić information content (AvgIpc) is 2.89. The molecule has 1 aromatic heterocycles. The van der Waals surface area contributed by atoms with E-state index in [2.05, 4.69) is 6.92 Å². The van der Waals surface area contributed by atoms with Gasteiger partial charge in [0.1, 0.15) is 15.9 Å². The van der Waals surface area contributed by atoms with E-state index in [9.17, 15) is 13.0 Å². The van der Waals surface area contributed by atoms with E-state index in [4.69, 9.17) is 4.42 Å². The van der Waals surface area contributed by atoms with Gasteiger partial charge in [-0.15, -0.1) is 0 Å². The van der Waals surface area contributed by atoms with Crippen LogP contribution in [-0.4, -0.2) is 13.0 Å². The monoisotopic (exact) mass is 338 g/mol. The molecule has 1 rings (SSSR count). The first-order valence-corrected chi connectivity index (χ1v) is 9.48. The Morgan fingerprint density at radius 3 is 1.95 bits per heavy atom. The molecule has 0 aliphatic rings. The van der Waals surface area contributed by atoms with Crippen LogP contribution in [0.5, 0.6) is 0 Å². The second-order valence-electron chi connectivity index (χ2n) is 5.59. The summed E-state index contributed by atoms with van der Waals surface area (Å²) in [6, 6.07) is 1.24. The van der Waals surface area contributed by atoms with Crippen LogP contribution in [0.2, 0.25) is 0 Å². The van der Waals surface area contributed by atoms with E-state index >= 15 is 0 Å². The van der Waals surface area contributed by atoms with Gasteiger partial charge in [-0.05, 0) is 12.5 Å². The van der Waals surface area contributed by atoms with Crippen LogP contribution in [0.3, 0.4) is 0 Å². The van der Waals surface area contributed by atoms with Gasteiger partial charge >= 0.3 is 29.6 Å². The molecule has 0 aromatic carbocycles. The molecule has 4 nitrogen and oxygen atoms in total. The summed E-state index contributed by atoms with van der Waals surface area (Å²) in [6.07, 6.45) is 14.0. The van der Waals surface area contributed by atoms with E-state index in [-0.39, 0.29) is 34.5 Å². The number of unbranched alkanes of at least 4 members (excludes halogenated alkanes) is 9. The van der Waals surface area contributed by atoms with E-state index in [1.54, 1.807) is 0 Å². The molecule has 0 atom stereocenters. The van der Waals surface area contributed by atoms with Gasteiger partial charge in [0.2, 0.25) is 0 Å². The minimum absolute atomic E-state index is 0. The van der Waals surface area contributed by atoms with Crippen molar-refractivity contribution in [1.29, 1.82) is 0 Å². The van der Waals surface area contributed by atoms with Gasteiger partial charge in [-0.2, -0.15) is 0 Å². The molecule has 0 saturated heterocycles. The summed E-state index contributed by atoms with van der Waals surface area (Å²) in [5, 5.41) is 0. The smallest absolute Gasteiger partial charge is 0.744 e. The molecule has 0 bridgehead atoms. The summed E-state index contributed by atoms with van der Waals surface area (Å²) in [7, 11) is -4.40. The van der Waals surface area contributed by atoms with Crippen LogP contribution >= 0.6 is 0 Å². The third kappa shape index (κ3) is 9.36. The third-order valence-corrected chi connectivity index (χ3v) is 4.63. The quantitative estimate of drug-likeness (QED) is 0.330. The van der Waals surface area contributed by atoms with Crippen LogP contribution in [-0.2, 0) is 16.5 Å². The molecule has 0 fully saturated rings. The molecule has 1 aromatic rings. The van der Waals surface area contributed by atoms with Crippen LogP contribution in [0.15, 0.2) is 21.6 Å². The topological polar surface area (TPSA) is 70.3 Å². The molecule has 122 valence electrons. The van der Waals surface area contributed by atoms with Crippen molar-refractivity contribution in [1.82, 2.24) is 0 Å². The van der Waals surface area contributed by atoms with Gasteiger partial charge in [-0.1, -0.05) is 64.7 Å². The minimum Gasteiger partial charge on any atom is -0.744 e. The van der Waals surface area contributed by atoms with Crippen LogP contribution < -0.4 is 29.6 Å². The fourth-order valence-electron chi connectivity index (χ4n) is 2.51. The molecule has 0 aliphatic carbocycles. The SMILES string of the molecule is CCCCCCCCCCCCc1occc1S(=O)(=O)[O-].[Na+]. The maximum Gasteiger partial charge on any atom is 1.00 e. The number of aryl methyl sites for hydroxylation is 1. The maximum atomic E-state index is 11.0. The zero-order chi connectivity index (χ0) is 15.6. The second kappa shape index (κ2) is 12.6. The van der Waals surface area contributed by atoms with Crippen LogP contribution in [0.4, 0.5) is 0 Å². The fraction of sp³-hybridized carbons (Fsp3) is 0.750. The van der Waals surface area contributed by atoms with Gasteiger partial charge in [-0.3, -0.25) is 0 Å². The number of furan rings is 1. The molecule has 22 heavy (non-hydrogen) atoms. The van der Waals surface area contributed by atoms with Crippen LogP contribution in [0, 0.1) is 0 Å². The minimum atomic E-state index is -4.40. The van der Waals surface area contributed by atoms with Crippen molar-refractivity contribution in [3.63, 3.8) is 0 Å². The van der Waals surface area contributed by atoms with Crippen molar-refractivity contribution in [3.05, 3.63) is 18.1 Å². The van der Waals surface area contributed by atoms with Gasteiger partial charge < -0.3 is 8.97 Å². The Bertz CT molecular complexity index is 482. The third-order valence-electron chi connectivity index (χ3n) is 3.73. The number of hydrogen-bond acceptors (Lipinski definition) is 4. The summed E-state index contributed by atoms with van der Waals surface area (Å²) in [4.78, 5) is -0.196. The Kier molecular flexibility index (Phi) is 12.7. The molecular weight excluding hydrogens is 311 g/mol. The molecule has 0 aliphatic heterocycles. The van der Waals surface area contributed by atoms with Gasteiger partial charge in [0, 0.05) is 6.42 Å². The predicted octanol–water partition coefficient (Wildman–Crippen LogP) is 1.65. The van der Waals surface area contributed by atoms with E-state index in [1.165, 1.54) is 57.3 Å². The largest absolute Gasteiger partial charge is 1.00 e. The van der Waals surface area contributed by atoms with Gasteiger partial charge in [0.15, 0.2) is 0 Å². The molecule has 0 unspecified atom stereocenters. The predicted molar refractivity (Wildman–Crippen MR) is 82.2 cm³/mol. The van der Waals surface area contributed by atoms with Gasteiger partial charge in [-0.25, -0.2) is 8.42 Å². The Morgan fingerprint density at radius 2 is 1.45 bits per heavy atom. The summed E-state index contributed by atoms with van der Waals surface area (Å²) in [5.74, 6) is 0.310. The number of rotatable bonds is 12. The molecule has 0 radical (unpaired) electrons. The van der Waals surface area contributed by atoms with Crippen molar-refractivity contribution < 1.29 is 46.9 Å². The standard InChI is InChI=1S/C16H28O4S.Na/c1-2-3-4-5-6-7-8-9-10-11-12-15-16(13-14-20-15)21(17,18)19;/h13-14H,2-12H2,1H3,(H,17,18,19);/q;+1/p-1.